The van der Waals surface area contributed by atoms with Crippen molar-refractivity contribution < 1.29 is 18.3 Å². The Morgan fingerprint density at radius 1 is 1.19 bits per heavy atom. The van der Waals surface area contributed by atoms with Gasteiger partial charge in [0.15, 0.2) is 23.1 Å². The van der Waals surface area contributed by atoms with Crippen LogP contribution in [-0.4, -0.2) is 5.60 Å². The summed E-state index contributed by atoms with van der Waals surface area (Å²) < 4.78 is 38.5. The predicted octanol–water partition coefficient (Wildman–Crippen LogP) is 4.05. The minimum atomic E-state index is -1.11. The third-order valence-corrected chi connectivity index (χ3v) is 3.35. The number of anilines is 1. The quantitative estimate of drug-likeness (QED) is 0.849. The van der Waals surface area contributed by atoms with E-state index >= 15 is 0 Å². The summed E-state index contributed by atoms with van der Waals surface area (Å²) in [6.45, 7) is 3.90. The number of rotatable bonds is 2. The van der Waals surface area contributed by atoms with Gasteiger partial charge in [0.25, 0.3) is 0 Å². The van der Waals surface area contributed by atoms with E-state index in [0.717, 1.165) is 18.1 Å². The van der Waals surface area contributed by atoms with E-state index in [-0.39, 0.29) is 17.0 Å². The molecule has 1 heterocycles. The fourth-order valence-electron chi connectivity index (χ4n) is 2.43. The standard InChI is InChI=1S/C16H15F2NO2/c1-16(2)8-9-4-3-5-12(14(9)21-16)20-15-11(19)7-6-10(17)13(15)18/h3-7H,8,19H2,1-2H3. The van der Waals surface area contributed by atoms with Crippen LogP contribution in [0.25, 0.3) is 0 Å². The fourth-order valence-corrected chi connectivity index (χ4v) is 2.43. The van der Waals surface area contributed by atoms with E-state index in [9.17, 15) is 8.78 Å². The third-order valence-electron chi connectivity index (χ3n) is 3.35. The lowest BCUT2D eigenvalue weighted by Crippen LogP contribution is -2.24. The van der Waals surface area contributed by atoms with E-state index in [1.54, 1.807) is 12.1 Å². The lowest BCUT2D eigenvalue weighted by Gasteiger charge is -2.18. The van der Waals surface area contributed by atoms with Crippen molar-refractivity contribution >= 4 is 5.69 Å². The van der Waals surface area contributed by atoms with Crippen molar-refractivity contribution in [2.24, 2.45) is 0 Å². The summed E-state index contributed by atoms with van der Waals surface area (Å²) in [4.78, 5) is 0. The second kappa shape index (κ2) is 4.62. The minimum absolute atomic E-state index is 0.0313. The number of para-hydroxylation sites is 1. The lowest BCUT2D eigenvalue weighted by molar-refractivity contribution is 0.135. The second-order valence-electron chi connectivity index (χ2n) is 5.66. The number of halogens is 2. The molecule has 0 fully saturated rings. The largest absolute Gasteiger partial charge is 0.483 e. The predicted molar refractivity (Wildman–Crippen MR) is 75.7 cm³/mol. The van der Waals surface area contributed by atoms with E-state index in [1.807, 2.05) is 19.9 Å². The van der Waals surface area contributed by atoms with E-state index < -0.39 is 11.6 Å². The fraction of sp³-hybridized carbons (Fsp3) is 0.250. The van der Waals surface area contributed by atoms with Crippen LogP contribution >= 0.6 is 0 Å². The van der Waals surface area contributed by atoms with E-state index in [1.165, 1.54) is 6.07 Å². The highest BCUT2D eigenvalue weighted by Crippen LogP contribution is 2.44. The molecular weight excluding hydrogens is 276 g/mol. The van der Waals surface area contributed by atoms with Gasteiger partial charge in [0, 0.05) is 12.0 Å². The second-order valence-corrected chi connectivity index (χ2v) is 5.66. The molecule has 3 nitrogen and oxygen atoms in total. The molecule has 0 atom stereocenters. The Bertz CT molecular complexity index is 714. The molecule has 0 spiro atoms. The van der Waals surface area contributed by atoms with Crippen molar-refractivity contribution in [2.75, 3.05) is 5.73 Å². The number of benzene rings is 2. The van der Waals surface area contributed by atoms with Crippen molar-refractivity contribution in [3.63, 3.8) is 0 Å². The highest BCUT2D eigenvalue weighted by molar-refractivity contribution is 5.58. The van der Waals surface area contributed by atoms with E-state index in [4.69, 9.17) is 15.2 Å². The van der Waals surface area contributed by atoms with Gasteiger partial charge < -0.3 is 15.2 Å². The Morgan fingerprint density at radius 3 is 2.71 bits per heavy atom. The molecule has 0 radical (unpaired) electrons. The molecule has 2 N–H and O–H groups in total. The first kappa shape index (κ1) is 13.7. The molecule has 21 heavy (non-hydrogen) atoms. The molecule has 0 saturated heterocycles. The average Bonchev–Trinajstić information content (AvgIpc) is 2.74. The van der Waals surface area contributed by atoms with E-state index in [2.05, 4.69) is 0 Å². The highest BCUT2D eigenvalue weighted by Gasteiger charge is 2.32. The third kappa shape index (κ3) is 2.39. The number of nitrogen functional groups attached to an aromatic ring is 1. The van der Waals surface area contributed by atoms with Crippen molar-refractivity contribution in [1.82, 2.24) is 0 Å². The molecule has 1 aliphatic rings. The molecule has 5 heteroatoms. The molecule has 0 bridgehead atoms. The van der Waals surface area contributed by atoms with Gasteiger partial charge in [-0.15, -0.1) is 0 Å². The van der Waals surface area contributed by atoms with Crippen LogP contribution in [0.3, 0.4) is 0 Å². The number of hydrogen-bond acceptors (Lipinski definition) is 3. The Kier molecular flexibility index (Phi) is 3.01. The number of fused-ring (bicyclic) bond motifs is 1. The first-order chi connectivity index (χ1) is 9.87. The summed E-state index contributed by atoms with van der Waals surface area (Å²) in [6.07, 6.45) is 0.723. The summed E-state index contributed by atoms with van der Waals surface area (Å²) in [5.74, 6) is -1.56. The normalized spacial score (nSPS) is 15.4. The first-order valence-electron chi connectivity index (χ1n) is 6.59. The summed E-state index contributed by atoms with van der Waals surface area (Å²) in [5.41, 5.74) is 6.31. The van der Waals surface area contributed by atoms with Crippen molar-refractivity contribution in [1.29, 1.82) is 0 Å². The number of hydrogen-bond donors (Lipinski definition) is 1. The van der Waals surface area contributed by atoms with Crippen LogP contribution < -0.4 is 15.2 Å². The van der Waals surface area contributed by atoms with Gasteiger partial charge >= 0.3 is 0 Å². The zero-order valence-corrected chi connectivity index (χ0v) is 11.7. The van der Waals surface area contributed by atoms with Crippen LogP contribution in [0.4, 0.5) is 14.5 Å². The summed E-state index contributed by atoms with van der Waals surface area (Å²) in [7, 11) is 0. The van der Waals surface area contributed by atoms with Crippen molar-refractivity contribution in [3.8, 4) is 17.2 Å². The van der Waals surface area contributed by atoms with Gasteiger partial charge in [0.1, 0.15) is 5.60 Å². The monoisotopic (exact) mass is 291 g/mol. The summed E-state index contributed by atoms with van der Waals surface area (Å²) >= 11 is 0. The van der Waals surface area contributed by atoms with Gasteiger partial charge in [0.2, 0.25) is 5.82 Å². The van der Waals surface area contributed by atoms with Crippen molar-refractivity contribution in [3.05, 3.63) is 47.5 Å². The van der Waals surface area contributed by atoms with Gasteiger partial charge in [-0.3, -0.25) is 0 Å². The topological polar surface area (TPSA) is 44.5 Å². The Hall–Kier alpha value is -2.30. The van der Waals surface area contributed by atoms with Gasteiger partial charge in [-0.2, -0.15) is 4.39 Å². The Balaban J connectivity index is 2.02. The zero-order valence-electron chi connectivity index (χ0n) is 11.7. The number of ether oxygens (including phenoxy) is 2. The van der Waals surface area contributed by atoms with E-state index in [0.29, 0.717) is 11.5 Å². The molecular formula is C16H15F2NO2. The minimum Gasteiger partial charge on any atom is -0.483 e. The van der Waals surface area contributed by atoms with Crippen LogP contribution in [0, 0.1) is 11.6 Å². The smallest absolute Gasteiger partial charge is 0.203 e. The molecule has 110 valence electrons. The van der Waals surface area contributed by atoms with Crippen LogP contribution in [0.5, 0.6) is 17.2 Å². The molecule has 0 unspecified atom stereocenters. The lowest BCUT2D eigenvalue weighted by atomic mass is 10.0. The van der Waals surface area contributed by atoms with Gasteiger partial charge in [-0.05, 0) is 32.0 Å². The molecule has 3 rings (SSSR count). The SMILES string of the molecule is CC1(C)Cc2cccc(Oc3c(N)ccc(F)c3F)c2O1. The van der Waals surface area contributed by atoms with Gasteiger partial charge in [-0.1, -0.05) is 12.1 Å². The molecule has 2 aromatic rings. The number of nitrogens with two attached hydrogens (primary N) is 1. The molecule has 0 aliphatic carbocycles. The maximum Gasteiger partial charge on any atom is 0.203 e. The Labute approximate surface area is 121 Å². The zero-order chi connectivity index (χ0) is 15.2. The Morgan fingerprint density at radius 2 is 1.95 bits per heavy atom. The summed E-state index contributed by atoms with van der Waals surface area (Å²) in [5, 5.41) is 0. The highest BCUT2D eigenvalue weighted by atomic mass is 19.2. The van der Waals surface area contributed by atoms with Crippen LogP contribution in [0.2, 0.25) is 0 Å². The molecule has 0 aromatic heterocycles. The van der Waals surface area contributed by atoms with Crippen molar-refractivity contribution in [2.45, 2.75) is 25.9 Å². The van der Waals surface area contributed by atoms with Gasteiger partial charge in [0.05, 0.1) is 5.69 Å². The maximum atomic E-state index is 13.8. The average molecular weight is 291 g/mol. The summed E-state index contributed by atoms with van der Waals surface area (Å²) in [6, 6.07) is 7.58. The maximum absolute atomic E-state index is 13.8. The van der Waals surface area contributed by atoms with Crippen LogP contribution in [-0.2, 0) is 6.42 Å². The molecule has 0 saturated carbocycles. The van der Waals surface area contributed by atoms with Crippen LogP contribution in [0.1, 0.15) is 19.4 Å². The molecule has 2 aromatic carbocycles. The first-order valence-corrected chi connectivity index (χ1v) is 6.59. The van der Waals surface area contributed by atoms with Gasteiger partial charge in [-0.25, -0.2) is 4.39 Å². The van der Waals surface area contributed by atoms with Crippen LogP contribution in [0.15, 0.2) is 30.3 Å². The molecule has 1 aliphatic heterocycles. The molecule has 0 amide bonds.